The molecule has 0 saturated heterocycles. The second-order valence-electron chi connectivity index (χ2n) is 8.49. The van der Waals surface area contributed by atoms with Gasteiger partial charge >= 0.3 is 5.97 Å². The Balaban J connectivity index is 1.32. The molecule has 0 bridgehead atoms. The van der Waals surface area contributed by atoms with Crippen molar-refractivity contribution in [3.63, 3.8) is 0 Å². The van der Waals surface area contributed by atoms with Crippen molar-refractivity contribution in [3.05, 3.63) is 137 Å². The number of ketones is 1. The van der Waals surface area contributed by atoms with Gasteiger partial charge in [0.15, 0.2) is 5.78 Å². The third-order valence-electron chi connectivity index (χ3n) is 5.84. The fourth-order valence-electron chi connectivity index (χ4n) is 3.99. The Morgan fingerprint density at radius 1 is 0.811 bits per heavy atom. The van der Waals surface area contributed by atoms with E-state index in [1.807, 2.05) is 60.7 Å². The fourth-order valence-corrected chi connectivity index (χ4v) is 3.99. The number of ether oxygens (including phenoxy) is 2. The zero-order valence-corrected chi connectivity index (χ0v) is 20.2. The molecule has 0 aliphatic heterocycles. The lowest BCUT2D eigenvalue weighted by Crippen LogP contribution is -2.09. The maximum absolute atomic E-state index is 13.2. The first-order valence-corrected chi connectivity index (χ1v) is 11.9. The van der Waals surface area contributed by atoms with Gasteiger partial charge in [0.05, 0.1) is 0 Å². The average Bonchev–Trinajstić information content (AvgIpc) is 3.27. The first-order chi connectivity index (χ1) is 18.1. The van der Waals surface area contributed by atoms with Crippen LogP contribution in [0.4, 0.5) is 0 Å². The quantitative estimate of drug-likeness (QED) is 0.0983. The van der Waals surface area contributed by atoms with Gasteiger partial charge in [-0.2, -0.15) is 0 Å². The molecular weight excluding hydrogens is 464 g/mol. The highest BCUT2D eigenvalue weighted by Crippen LogP contribution is 2.30. The van der Waals surface area contributed by atoms with Crippen LogP contribution >= 0.6 is 0 Å². The van der Waals surface area contributed by atoms with Gasteiger partial charge in [0, 0.05) is 10.9 Å². The van der Waals surface area contributed by atoms with Gasteiger partial charge in [-0.3, -0.25) is 4.79 Å². The van der Waals surface area contributed by atoms with Gasteiger partial charge in [-0.25, -0.2) is 4.79 Å². The predicted octanol–water partition coefficient (Wildman–Crippen LogP) is 7.44. The first kappa shape index (κ1) is 23.8. The Labute approximate surface area is 214 Å². The molecule has 0 saturated carbocycles. The van der Waals surface area contributed by atoms with E-state index in [2.05, 4.69) is 0 Å². The molecule has 0 aliphatic rings. The largest absolute Gasteiger partial charge is 0.489 e. The van der Waals surface area contributed by atoms with Crippen LogP contribution in [0.1, 0.15) is 37.6 Å². The van der Waals surface area contributed by atoms with Crippen molar-refractivity contribution < 1.29 is 23.5 Å². The van der Waals surface area contributed by atoms with Gasteiger partial charge in [0.1, 0.15) is 35.0 Å². The normalized spacial score (nSPS) is 11.1. The summed E-state index contributed by atoms with van der Waals surface area (Å²) in [7, 11) is 0. The van der Waals surface area contributed by atoms with Gasteiger partial charge in [-0.05, 0) is 54.5 Å². The Morgan fingerprint density at radius 3 is 2.35 bits per heavy atom. The molecule has 37 heavy (non-hydrogen) atoms. The van der Waals surface area contributed by atoms with Crippen LogP contribution in [-0.4, -0.2) is 11.8 Å². The third kappa shape index (κ3) is 5.68. The average molecular weight is 489 g/mol. The van der Waals surface area contributed by atoms with Gasteiger partial charge in [-0.15, -0.1) is 0 Å². The molecule has 5 aromatic rings. The lowest BCUT2D eigenvalue weighted by atomic mass is 10.1. The van der Waals surface area contributed by atoms with Crippen molar-refractivity contribution >= 4 is 28.8 Å². The second kappa shape index (κ2) is 10.8. The van der Waals surface area contributed by atoms with Crippen LogP contribution in [0.5, 0.6) is 11.5 Å². The Morgan fingerprint density at radius 2 is 1.57 bits per heavy atom. The molecule has 4 aromatic carbocycles. The van der Waals surface area contributed by atoms with Crippen LogP contribution in [0.3, 0.4) is 0 Å². The molecule has 0 spiro atoms. The Kier molecular flexibility index (Phi) is 6.95. The number of benzene rings is 4. The van der Waals surface area contributed by atoms with Crippen molar-refractivity contribution in [3.8, 4) is 11.5 Å². The van der Waals surface area contributed by atoms with E-state index in [-0.39, 0.29) is 5.78 Å². The molecule has 5 rings (SSSR count). The Bertz CT molecular complexity index is 1580. The number of allylic oxidation sites excluding steroid dienone is 1. The molecule has 0 radical (unpaired) electrons. The fraction of sp³-hybridized carbons (Fsp3) is 0.0625. The SMILES string of the molecule is Cc1oc2ccc(OCc3ccccc3)cc2c1C(=O)Oc1cccc(/C=C/C(=O)c2ccccc2)c1. The summed E-state index contributed by atoms with van der Waals surface area (Å²) < 4.78 is 17.4. The highest BCUT2D eigenvalue weighted by atomic mass is 16.5. The molecule has 0 N–H and O–H groups in total. The van der Waals surface area contributed by atoms with Crippen LogP contribution < -0.4 is 9.47 Å². The molecule has 0 fully saturated rings. The number of furan rings is 1. The van der Waals surface area contributed by atoms with E-state index >= 15 is 0 Å². The molecule has 1 aromatic heterocycles. The van der Waals surface area contributed by atoms with Crippen LogP contribution in [0.15, 0.2) is 114 Å². The summed E-state index contributed by atoms with van der Waals surface area (Å²) >= 11 is 0. The summed E-state index contributed by atoms with van der Waals surface area (Å²) in [5.41, 5.74) is 3.31. The van der Waals surface area contributed by atoms with E-state index in [1.165, 1.54) is 6.08 Å². The molecule has 0 aliphatic carbocycles. The van der Waals surface area contributed by atoms with E-state index in [1.54, 1.807) is 55.5 Å². The first-order valence-electron chi connectivity index (χ1n) is 11.9. The summed E-state index contributed by atoms with van der Waals surface area (Å²) in [6, 6.07) is 31.3. The smallest absolute Gasteiger partial charge is 0.347 e. The van der Waals surface area contributed by atoms with Gasteiger partial charge in [-0.1, -0.05) is 78.9 Å². The predicted molar refractivity (Wildman–Crippen MR) is 143 cm³/mol. The molecule has 1 heterocycles. The molecule has 5 heteroatoms. The topological polar surface area (TPSA) is 65.7 Å². The molecule has 0 amide bonds. The minimum absolute atomic E-state index is 0.103. The van der Waals surface area contributed by atoms with Crippen LogP contribution in [0.25, 0.3) is 17.0 Å². The van der Waals surface area contributed by atoms with E-state index in [0.29, 0.717) is 46.0 Å². The number of hydrogen-bond acceptors (Lipinski definition) is 5. The summed E-state index contributed by atoms with van der Waals surface area (Å²) in [5, 5.41) is 0.623. The lowest BCUT2D eigenvalue weighted by Gasteiger charge is -2.07. The van der Waals surface area contributed by atoms with Crippen molar-refractivity contribution in [2.45, 2.75) is 13.5 Å². The maximum Gasteiger partial charge on any atom is 0.347 e. The van der Waals surface area contributed by atoms with Crippen LogP contribution in [0.2, 0.25) is 0 Å². The minimum atomic E-state index is -0.530. The number of aryl methyl sites for hydroxylation is 1. The molecule has 5 nitrogen and oxygen atoms in total. The van der Waals surface area contributed by atoms with Gasteiger partial charge in [0.2, 0.25) is 0 Å². The molecule has 0 atom stereocenters. The summed E-state index contributed by atoms with van der Waals surface area (Å²) in [4.78, 5) is 25.5. The maximum atomic E-state index is 13.2. The number of esters is 1. The van der Waals surface area contributed by atoms with Crippen LogP contribution in [0, 0.1) is 6.92 Å². The minimum Gasteiger partial charge on any atom is -0.489 e. The number of rotatable bonds is 8. The van der Waals surface area contributed by atoms with Crippen molar-refractivity contribution in [2.24, 2.45) is 0 Å². The van der Waals surface area contributed by atoms with Crippen molar-refractivity contribution in [1.29, 1.82) is 0 Å². The summed E-state index contributed by atoms with van der Waals surface area (Å²) in [6.45, 7) is 2.14. The molecule has 0 unspecified atom stereocenters. The Hall–Kier alpha value is -4.90. The highest BCUT2D eigenvalue weighted by Gasteiger charge is 2.21. The second-order valence-corrected chi connectivity index (χ2v) is 8.49. The van der Waals surface area contributed by atoms with E-state index in [9.17, 15) is 9.59 Å². The standard InChI is InChI=1S/C32H24O5/c1-22-31(28-20-26(16-18-30(28)36-22)35-21-24-9-4-2-5-10-24)32(34)37-27-14-8-11-23(19-27)15-17-29(33)25-12-6-3-7-13-25/h2-20H,21H2,1H3/b17-15+. The molecular formula is C32H24O5. The number of hydrogen-bond donors (Lipinski definition) is 0. The monoisotopic (exact) mass is 488 g/mol. The third-order valence-corrected chi connectivity index (χ3v) is 5.84. The lowest BCUT2D eigenvalue weighted by molar-refractivity contribution is 0.0734. The number of carbonyl (C=O) groups is 2. The van der Waals surface area contributed by atoms with E-state index in [4.69, 9.17) is 13.9 Å². The van der Waals surface area contributed by atoms with Crippen molar-refractivity contribution in [2.75, 3.05) is 0 Å². The van der Waals surface area contributed by atoms with Gasteiger partial charge in [0.25, 0.3) is 0 Å². The summed E-state index contributed by atoms with van der Waals surface area (Å²) in [6.07, 6.45) is 3.20. The zero-order valence-electron chi connectivity index (χ0n) is 20.2. The summed E-state index contributed by atoms with van der Waals surface area (Å²) in [5.74, 6) is 0.822. The zero-order chi connectivity index (χ0) is 25.6. The van der Waals surface area contributed by atoms with E-state index in [0.717, 1.165) is 11.1 Å². The van der Waals surface area contributed by atoms with E-state index < -0.39 is 5.97 Å². The number of fused-ring (bicyclic) bond motifs is 1. The van der Waals surface area contributed by atoms with Gasteiger partial charge < -0.3 is 13.9 Å². The van der Waals surface area contributed by atoms with Crippen LogP contribution in [-0.2, 0) is 6.61 Å². The highest BCUT2D eigenvalue weighted by molar-refractivity contribution is 6.07. The van der Waals surface area contributed by atoms with Crippen molar-refractivity contribution in [1.82, 2.24) is 0 Å². The number of carbonyl (C=O) groups excluding carboxylic acids is 2. The molecule has 182 valence electrons.